The number of carboxylic acid groups (broad SMARTS) is 1. The minimum Gasteiger partial charge on any atom is -0.476 e. The lowest BCUT2D eigenvalue weighted by atomic mass is 9.68. The Hall–Kier alpha value is -3.27. The number of para-hydroxylation sites is 2. The van der Waals surface area contributed by atoms with Crippen LogP contribution in [-0.4, -0.2) is 80.9 Å². The number of fused-ring (bicyclic) bond motifs is 5. The van der Waals surface area contributed by atoms with Crippen molar-refractivity contribution in [1.29, 1.82) is 0 Å². The number of carbonyl (C=O) groups is 2. The van der Waals surface area contributed by atoms with Gasteiger partial charge in [0.2, 0.25) is 5.71 Å². The first-order chi connectivity index (χ1) is 19.8. The van der Waals surface area contributed by atoms with Gasteiger partial charge in [0.1, 0.15) is 0 Å². The molecule has 10 nitrogen and oxygen atoms in total. The van der Waals surface area contributed by atoms with Crippen LogP contribution in [0.25, 0.3) is 11.0 Å². The highest BCUT2D eigenvalue weighted by molar-refractivity contribution is 6.41. The summed E-state index contributed by atoms with van der Waals surface area (Å²) < 4.78 is 1.78. The largest absolute Gasteiger partial charge is 0.476 e. The van der Waals surface area contributed by atoms with Gasteiger partial charge in [-0.1, -0.05) is 43.0 Å². The summed E-state index contributed by atoms with van der Waals surface area (Å²) in [5.74, 6) is -0.0704. The Balaban J connectivity index is 1.33. The van der Waals surface area contributed by atoms with Crippen LogP contribution in [0.5, 0.6) is 0 Å². The molecule has 6 rings (SSSR count). The summed E-state index contributed by atoms with van der Waals surface area (Å²) in [5, 5.41) is 13.7. The topological polar surface area (TPSA) is 117 Å². The van der Waals surface area contributed by atoms with Gasteiger partial charge in [0.15, 0.2) is 12.3 Å². The van der Waals surface area contributed by atoms with E-state index in [1.54, 1.807) is 24.7 Å². The molecule has 0 spiro atoms. The Morgan fingerprint density at radius 2 is 1.61 bits per heavy atom. The van der Waals surface area contributed by atoms with Crippen LogP contribution >= 0.6 is 0 Å². The SMILES string of the molecule is CN(C)C(=O)CON=C(C(=O)O)c1nc2ccccc2n(C2CC3CCCC(C2)N3C2CC3CCCC(C3)C2)c1=O. The number of rotatable bonds is 7. The van der Waals surface area contributed by atoms with Crippen LogP contribution in [0, 0.1) is 11.8 Å². The molecule has 2 saturated carbocycles. The van der Waals surface area contributed by atoms with Gasteiger partial charge in [0, 0.05) is 38.3 Å². The number of amides is 1. The van der Waals surface area contributed by atoms with Gasteiger partial charge in [0.05, 0.1) is 11.0 Å². The highest BCUT2D eigenvalue weighted by Crippen LogP contribution is 2.47. The predicted molar refractivity (Wildman–Crippen MR) is 155 cm³/mol. The van der Waals surface area contributed by atoms with Gasteiger partial charge in [-0.25, -0.2) is 9.78 Å². The number of hydrogen-bond donors (Lipinski definition) is 1. The van der Waals surface area contributed by atoms with Crippen molar-refractivity contribution in [3.05, 3.63) is 40.3 Å². The molecule has 4 bridgehead atoms. The van der Waals surface area contributed by atoms with Crippen LogP contribution in [-0.2, 0) is 14.4 Å². The van der Waals surface area contributed by atoms with Gasteiger partial charge in [0.25, 0.3) is 11.5 Å². The standard InChI is InChI=1S/C31H41N5O5/c1-34(2)27(37)18-41-33-29(31(39)40)28-30(38)36(26-12-4-3-11-25(26)32-28)24-16-21-9-6-10-22(17-24)35(21)23-14-19-7-5-8-20(13-19)15-23/h3-4,11-12,19-24H,5-10,13-18H2,1-2H3,(H,39,40). The number of aliphatic carboxylic acids is 1. The zero-order valence-corrected chi connectivity index (χ0v) is 24.1. The van der Waals surface area contributed by atoms with Crippen molar-refractivity contribution < 1.29 is 19.5 Å². The van der Waals surface area contributed by atoms with E-state index in [9.17, 15) is 19.5 Å². The van der Waals surface area contributed by atoms with E-state index < -0.39 is 23.8 Å². The molecule has 1 aromatic heterocycles. The van der Waals surface area contributed by atoms with Crippen molar-refractivity contribution >= 4 is 28.6 Å². The zero-order chi connectivity index (χ0) is 28.7. The van der Waals surface area contributed by atoms with Crippen LogP contribution in [0.1, 0.15) is 82.4 Å². The van der Waals surface area contributed by atoms with Crippen molar-refractivity contribution in [3.8, 4) is 0 Å². The van der Waals surface area contributed by atoms with E-state index in [2.05, 4.69) is 15.0 Å². The number of nitrogens with zero attached hydrogens (tertiary/aromatic N) is 5. The maximum absolute atomic E-state index is 14.1. The van der Waals surface area contributed by atoms with Crippen LogP contribution in [0.15, 0.2) is 34.2 Å². The Bertz CT molecular complexity index is 1380. The van der Waals surface area contributed by atoms with Gasteiger partial charge in [-0.3, -0.25) is 14.5 Å². The van der Waals surface area contributed by atoms with Crippen LogP contribution < -0.4 is 5.56 Å². The molecule has 1 N–H and O–H groups in total. The third-order valence-corrected chi connectivity index (χ3v) is 9.96. The molecular formula is C31H41N5O5. The summed E-state index contributed by atoms with van der Waals surface area (Å²) in [6, 6.07) is 8.83. The second kappa shape index (κ2) is 11.5. The van der Waals surface area contributed by atoms with Crippen molar-refractivity contribution in [1.82, 2.24) is 19.4 Å². The Labute approximate surface area is 240 Å². The van der Waals surface area contributed by atoms with E-state index in [1.165, 1.54) is 49.8 Å². The number of aromatic nitrogens is 2. The second-order valence-corrected chi connectivity index (χ2v) is 12.8. The molecule has 4 unspecified atom stereocenters. The summed E-state index contributed by atoms with van der Waals surface area (Å²) in [6.07, 6.45) is 13.4. The Morgan fingerprint density at radius 1 is 0.951 bits per heavy atom. The molecule has 2 saturated heterocycles. The molecule has 4 aliphatic rings. The van der Waals surface area contributed by atoms with Crippen molar-refractivity contribution in [2.24, 2.45) is 17.0 Å². The van der Waals surface area contributed by atoms with Crippen molar-refractivity contribution in [3.63, 3.8) is 0 Å². The van der Waals surface area contributed by atoms with E-state index in [1.807, 2.05) is 18.2 Å². The maximum Gasteiger partial charge on any atom is 0.360 e. The third kappa shape index (κ3) is 5.50. The molecule has 4 atom stereocenters. The summed E-state index contributed by atoms with van der Waals surface area (Å²) in [4.78, 5) is 51.9. The summed E-state index contributed by atoms with van der Waals surface area (Å²) >= 11 is 0. The van der Waals surface area contributed by atoms with Gasteiger partial charge in [-0.05, 0) is 68.9 Å². The Kier molecular flexibility index (Phi) is 7.85. The fourth-order valence-corrected chi connectivity index (χ4v) is 8.27. The average molecular weight is 564 g/mol. The summed E-state index contributed by atoms with van der Waals surface area (Å²) in [6.45, 7) is -0.434. The van der Waals surface area contributed by atoms with Crippen LogP contribution in [0.2, 0.25) is 0 Å². The number of carboxylic acids is 1. The van der Waals surface area contributed by atoms with Gasteiger partial charge >= 0.3 is 5.97 Å². The monoisotopic (exact) mass is 563 g/mol. The second-order valence-electron chi connectivity index (χ2n) is 12.8. The molecule has 2 aliphatic carbocycles. The van der Waals surface area contributed by atoms with E-state index in [0.717, 1.165) is 37.5 Å². The lowest BCUT2D eigenvalue weighted by molar-refractivity contribution is -0.134. The van der Waals surface area contributed by atoms with Crippen LogP contribution in [0.3, 0.4) is 0 Å². The molecule has 3 heterocycles. The fourth-order valence-electron chi connectivity index (χ4n) is 8.27. The minimum atomic E-state index is -1.43. The first-order valence-electron chi connectivity index (χ1n) is 15.2. The van der Waals surface area contributed by atoms with E-state index in [4.69, 9.17) is 4.84 Å². The number of oxime groups is 1. The maximum atomic E-state index is 14.1. The molecule has 10 heteroatoms. The molecule has 2 aromatic rings. The molecule has 41 heavy (non-hydrogen) atoms. The number of piperidine rings is 2. The highest BCUT2D eigenvalue weighted by atomic mass is 16.6. The normalized spacial score (nSPS) is 30.1. The molecule has 220 valence electrons. The number of hydrogen-bond acceptors (Lipinski definition) is 7. The molecule has 2 aliphatic heterocycles. The number of benzene rings is 1. The van der Waals surface area contributed by atoms with E-state index in [-0.39, 0.29) is 17.6 Å². The highest BCUT2D eigenvalue weighted by Gasteiger charge is 2.45. The van der Waals surface area contributed by atoms with Crippen molar-refractivity contribution in [2.75, 3.05) is 20.7 Å². The smallest absolute Gasteiger partial charge is 0.360 e. The van der Waals surface area contributed by atoms with Gasteiger partial charge < -0.3 is 19.4 Å². The molecular weight excluding hydrogens is 522 g/mol. The zero-order valence-electron chi connectivity index (χ0n) is 24.1. The van der Waals surface area contributed by atoms with Gasteiger partial charge in [-0.15, -0.1) is 0 Å². The lowest BCUT2D eigenvalue weighted by Gasteiger charge is -2.55. The summed E-state index contributed by atoms with van der Waals surface area (Å²) in [5.41, 5.74) is -0.0868. The molecule has 0 radical (unpaired) electrons. The summed E-state index contributed by atoms with van der Waals surface area (Å²) in [7, 11) is 3.13. The van der Waals surface area contributed by atoms with Crippen LogP contribution in [0.4, 0.5) is 0 Å². The fraction of sp³-hybridized carbons (Fsp3) is 0.645. The van der Waals surface area contributed by atoms with E-state index in [0.29, 0.717) is 29.2 Å². The first kappa shape index (κ1) is 27.9. The van der Waals surface area contributed by atoms with Gasteiger partial charge in [-0.2, -0.15) is 0 Å². The minimum absolute atomic E-state index is 0.0601. The molecule has 1 amide bonds. The Morgan fingerprint density at radius 3 is 2.27 bits per heavy atom. The first-order valence-corrected chi connectivity index (χ1v) is 15.2. The van der Waals surface area contributed by atoms with E-state index >= 15 is 0 Å². The predicted octanol–water partition coefficient (Wildman–Crippen LogP) is 3.82. The quantitative estimate of drug-likeness (QED) is 0.402. The number of likely N-dealkylation sites (N-methyl/N-ethyl adjacent to an activating group) is 1. The lowest BCUT2D eigenvalue weighted by Crippen LogP contribution is -2.58. The molecule has 1 aromatic carbocycles. The third-order valence-electron chi connectivity index (χ3n) is 9.96. The average Bonchev–Trinajstić information content (AvgIpc) is 2.94. The van der Waals surface area contributed by atoms with Crippen molar-refractivity contribution in [2.45, 2.75) is 94.8 Å². The molecule has 4 fully saturated rings. The number of carbonyl (C=O) groups excluding carboxylic acids is 1.